The lowest BCUT2D eigenvalue weighted by atomic mass is 10.2. The van der Waals surface area contributed by atoms with Crippen molar-refractivity contribution in [3.05, 3.63) is 71.8 Å². The summed E-state index contributed by atoms with van der Waals surface area (Å²) in [4.78, 5) is 37.8. The van der Waals surface area contributed by atoms with Crippen LogP contribution in [0.15, 0.2) is 60.7 Å². The largest absolute Gasteiger partial charge is 0.351 e. The second-order valence-electron chi connectivity index (χ2n) is 7.58. The lowest BCUT2D eigenvalue weighted by Gasteiger charge is -2.21. The monoisotopic (exact) mass is 440 g/mol. The number of hydroxylamine groups is 1. The van der Waals surface area contributed by atoms with E-state index in [0.717, 1.165) is 24.0 Å². The first-order valence-corrected chi connectivity index (χ1v) is 10.8. The summed E-state index contributed by atoms with van der Waals surface area (Å²) >= 11 is 0. The van der Waals surface area contributed by atoms with E-state index < -0.39 is 5.91 Å². The van der Waals surface area contributed by atoms with Gasteiger partial charge in [0.15, 0.2) is 0 Å². The van der Waals surface area contributed by atoms with Crippen LogP contribution in [0.2, 0.25) is 0 Å². The Labute approximate surface area is 189 Å². The Hall–Kier alpha value is -3.23. The van der Waals surface area contributed by atoms with Crippen molar-refractivity contribution in [1.29, 1.82) is 0 Å². The maximum atomic E-state index is 12.4. The van der Waals surface area contributed by atoms with Gasteiger partial charge in [0, 0.05) is 19.5 Å². The van der Waals surface area contributed by atoms with E-state index in [9.17, 15) is 14.4 Å². The van der Waals surface area contributed by atoms with Crippen LogP contribution in [0.5, 0.6) is 0 Å². The minimum Gasteiger partial charge on any atom is -0.351 e. The molecule has 0 aliphatic heterocycles. The highest BCUT2D eigenvalue weighted by molar-refractivity contribution is 5.81. The molecule has 172 valence electrons. The summed E-state index contributed by atoms with van der Waals surface area (Å²) in [7, 11) is 0. The molecule has 0 spiro atoms. The third-order valence-corrected chi connectivity index (χ3v) is 4.90. The molecule has 2 rings (SSSR count). The van der Waals surface area contributed by atoms with E-state index in [0.29, 0.717) is 26.1 Å². The van der Waals surface area contributed by atoms with Gasteiger partial charge in [-0.25, -0.2) is 5.48 Å². The van der Waals surface area contributed by atoms with E-state index in [-0.39, 0.29) is 31.3 Å². The van der Waals surface area contributed by atoms with E-state index in [1.54, 1.807) is 5.48 Å². The average Bonchev–Trinajstić information content (AvgIpc) is 2.82. The van der Waals surface area contributed by atoms with Crippen molar-refractivity contribution in [1.82, 2.24) is 21.0 Å². The molecule has 8 heteroatoms. The standard InChI is InChI=1S/C24H32N4O4/c29-22(27-32)14-8-3-9-15-28(18-23(30)25-16-20-10-4-1-5-11-20)19-24(31)26-17-21-12-6-2-7-13-21/h1-2,4-7,10-13,32H,3,8-9,14-19H2,(H,25,30)(H,26,31)(H,27,29). The van der Waals surface area contributed by atoms with Crippen molar-refractivity contribution < 1.29 is 19.6 Å². The highest BCUT2D eigenvalue weighted by Crippen LogP contribution is 2.03. The molecule has 0 aromatic heterocycles. The summed E-state index contributed by atoms with van der Waals surface area (Å²) in [5, 5.41) is 14.3. The Morgan fingerprint density at radius 1 is 0.688 bits per heavy atom. The van der Waals surface area contributed by atoms with Gasteiger partial charge < -0.3 is 10.6 Å². The van der Waals surface area contributed by atoms with Gasteiger partial charge in [-0.05, 0) is 30.5 Å². The Morgan fingerprint density at radius 3 is 1.66 bits per heavy atom. The molecule has 4 N–H and O–H groups in total. The first-order chi connectivity index (χ1) is 15.6. The van der Waals surface area contributed by atoms with Gasteiger partial charge in [0.2, 0.25) is 17.7 Å². The second-order valence-corrected chi connectivity index (χ2v) is 7.58. The predicted octanol–water partition coefficient (Wildman–Crippen LogP) is 1.99. The van der Waals surface area contributed by atoms with Crippen molar-refractivity contribution in [2.24, 2.45) is 0 Å². The van der Waals surface area contributed by atoms with E-state index in [1.165, 1.54) is 0 Å². The molecule has 0 saturated heterocycles. The maximum absolute atomic E-state index is 12.4. The van der Waals surface area contributed by atoms with Crippen LogP contribution in [0.4, 0.5) is 0 Å². The fourth-order valence-corrected chi connectivity index (χ4v) is 3.18. The van der Waals surface area contributed by atoms with Crippen molar-refractivity contribution in [3.63, 3.8) is 0 Å². The molecule has 0 radical (unpaired) electrons. The number of benzene rings is 2. The lowest BCUT2D eigenvalue weighted by Crippen LogP contribution is -2.43. The molecule has 0 bridgehead atoms. The molecule has 0 heterocycles. The van der Waals surface area contributed by atoms with Crippen LogP contribution < -0.4 is 16.1 Å². The highest BCUT2D eigenvalue weighted by Gasteiger charge is 2.14. The average molecular weight is 441 g/mol. The fourth-order valence-electron chi connectivity index (χ4n) is 3.18. The van der Waals surface area contributed by atoms with Crippen LogP contribution in [-0.2, 0) is 27.5 Å². The summed E-state index contributed by atoms with van der Waals surface area (Å²) in [6, 6.07) is 19.3. The smallest absolute Gasteiger partial charge is 0.243 e. The third kappa shape index (κ3) is 10.7. The van der Waals surface area contributed by atoms with Crippen LogP contribution in [0, 0.1) is 0 Å². The molecule has 0 unspecified atom stereocenters. The summed E-state index contributed by atoms with van der Waals surface area (Å²) < 4.78 is 0. The second kappa shape index (κ2) is 14.7. The summed E-state index contributed by atoms with van der Waals surface area (Å²) in [5.74, 6) is -0.712. The number of hydrogen-bond acceptors (Lipinski definition) is 5. The topological polar surface area (TPSA) is 111 Å². The van der Waals surface area contributed by atoms with E-state index in [1.807, 2.05) is 65.6 Å². The molecule has 0 aliphatic rings. The lowest BCUT2D eigenvalue weighted by molar-refractivity contribution is -0.129. The normalized spacial score (nSPS) is 10.6. The van der Waals surface area contributed by atoms with Crippen LogP contribution in [0.25, 0.3) is 0 Å². The number of carbonyl (C=O) groups is 3. The van der Waals surface area contributed by atoms with E-state index >= 15 is 0 Å². The number of nitrogens with one attached hydrogen (secondary N) is 3. The van der Waals surface area contributed by atoms with Gasteiger partial charge in [-0.15, -0.1) is 0 Å². The summed E-state index contributed by atoms with van der Waals surface area (Å²) in [5.41, 5.74) is 3.64. The molecule has 2 aromatic carbocycles. The van der Waals surface area contributed by atoms with Crippen LogP contribution in [-0.4, -0.2) is 47.5 Å². The van der Waals surface area contributed by atoms with Gasteiger partial charge in [0.25, 0.3) is 0 Å². The zero-order valence-electron chi connectivity index (χ0n) is 18.3. The third-order valence-electron chi connectivity index (χ3n) is 4.90. The molecular formula is C24H32N4O4. The van der Waals surface area contributed by atoms with E-state index in [4.69, 9.17) is 5.21 Å². The minimum atomic E-state index is -0.414. The van der Waals surface area contributed by atoms with Crippen molar-refractivity contribution in [2.75, 3.05) is 19.6 Å². The van der Waals surface area contributed by atoms with Crippen LogP contribution >= 0.6 is 0 Å². The van der Waals surface area contributed by atoms with Crippen LogP contribution in [0.3, 0.4) is 0 Å². The number of carbonyl (C=O) groups excluding carboxylic acids is 3. The first kappa shape index (κ1) is 25.0. The Bertz CT molecular complexity index is 773. The van der Waals surface area contributed by atoms with E-state index in [2.05, 4.69) is 10.6 Å². The first-order valence-electron chi connectivity index (χ1n) is 10.8. The number of amides is 3. The van der Waals surface area contributed by atoms with Crippen molar-refractivity contribution >= 4 is 17.7 Å². The molecule has 0 saturated carbocycles. The molecule has 2 aromatic rings. The Balaban J connectivity index is 1.81. The van der Waals surface area contributed by atoms with Crippen molar-refractivity contribution in [3.8, 4) is 0 Å². The molecular weight excluding hydrogens is 408 g/mol. The zero-order valence-corrected chi connectivity index (χ0v) is 18.3. The van der Waals surface area contributed by atoms with Gasteiger partial charge >= 0.3 is 0 Å². The zero-order chi connectivity index (χ0) is 23.0. The molecule has 0 fully saturated rings. The summed E-state index contributed by atoms with van der Waals surface area (Å²) in [6.07, 6.45) is 2.35. The highest BCUT2D eigenvalue weighted by atomic mass is 16.5. The maximum Gasteiger partial charge on any atom is 0.243 e. The number of hydrogen-bond donors (Lipinski definition) is 4. The van der Waals surface area contributed by atoms with Gasteiger partial charge in [0.1, 0.15) is 0 Å². The van der Waals surface area contributed by atoms with Crippen molar-refractivity contribution in [2.45, 2.75) is 38.8 Å². The molecule has 8 nitrogen and oxygen atoms in total. The van der Waals surface area contributed by atoms with Crippen LogP contribution in [0.1, 0.15) is 36.8 Å². The SMILES string of the molecule is O=C(CCCCCN(CC(=O)NCc1ccccc1)CC(=O)NCc1ccccc1)NO. The molecule has 0 aliphatic carbocycles. The molecule has 0 atom stereocenters. The molecule has 3 amide bonds. The number of unbranched alkanes of at least 4 members (excludes halogenated alkanes) is 2. The number of rotatable bonds is 14. The Morgan fingerprint density at radius 2 is 1.19 bits per heavy atom. The molecule has 32 heavy (non-hydrogen) atoms. The van der Waals surface area contributed by atoms with Gasteiger partial charge in [-0.2, -0.15) is 0 Å². The predicted molar refractivity (Wildman–Crippen MR) is 121 cm³/mol. The van der Waals surface area contributed by atoms with Gasteiger partial charge in [-0.3, -0.25) is 24.5 Å². The van der Waals surface area contributed by atoms with Gasteiger partial charge in [0.05, 0.1) is 13.1 Å². The fraction of sp³-hybridized carbons (Fsp3) is 0.375. The number of nitrogens with zero attached hydrogens (tertiary/aromatic N) is 1. The minimum absolute atomic E-state index is 0.114. The quantitative estimate of drug-likeness (QED) is 0.204. The Kier molecular flexibility index (Phi) is 11.5. The van der Waals surface area contributed by atoms with Gasteiger partial charge in [-0.1, -0.05) is 67.1 Å². The summed E-state index contributed by atoms with van der Waals surface area (Å²) in [6.45, 7) is 1.65.